The fourth-order valence-electron chi connectivity index (χ4n) is 2.33. The van der Waals surface area contributed by atoms with Crippen molar-refractivity contribution in [3.05, 3.63) is 42.2 Å². The molecule has 1 aliphatic rings. The first-order valence-corrected chi connectivity index (χ1v) is 6.87. The standard InChI is InChI=1S/C15H20N4/c1-15(2,12-8-9-12)16-10-13-11-17-19(18-13)14-6-4-3-5-7-14/h3-7,11-12,16H,8-10H2,1-2H3. The van der Waals surface area contributed by atoms with Crippen molar-refractivity contribution in [2.45, 2.75) is 38.8 Å². The summed E-state index contributed by atoms with van der Waals surface area (Å²) >= 11 is 0. The number of hydrogen-bond donors (Lipinski definition) is 1. The van der Waals surface area contributed by atoms with Crippen LogP contribution in [-0.2, 0) is 6.54 Å². The molecule has 0 spiro atoms. The highest BCUT2D eigenvalue weighted by atomic mass is 15.5. The molecule has 1 heterocycles. The zero-order chi connectivity index (χ0) is 13.3. The molecule has 0 bridgehead atoms. The highest BCUT2D eigenvalue weighted by Gasteiger charge is 2.37. The summed E-state index contributed by atoms with van der Waals surface area (Å²) in [5, 5.41) is 12.4. The number of nitrogens with zero attached hydrogens (tertiary/aromatic N) is 3. The summed E-state index contributed by atoms with van der Waals surface area (Å²) in [5.41, 5.74) is 2.18. The summed E-state index contributed by atoms with van der Waals surface area (Å²) in [7, 11) is 0. The van der Waals surface area contributed by atoms with Gasteiger partial charge in [0, 0.05) is 12.1 Å². The molecule has 0 atom stereocenters. The van der Waals surface area contributed by atoms with E-state index in [2.05, 4.69) is 29.4 Å². The van der Waals surface area contributed by atoms with Gasteiger partial charge in [-0.05, 0) is 44.7 Å². The van der Waals surface area contributed by atoms with Crippen LogP contribution in [0.15, 0.2) is 36.5 Å². The largest absolute Gasteiger partial charge is 0.306 e. The Morgan fingerprint density at radius 1 is 1.26 bits per heavy atom. The minimum absolute atomic E-state index is 0.205. The van der Waals surface area contributed by atoms with Crippen molar-refractivity contribution in [2.24, 2.45) is 5.92 Å². The van der Waals surface area contributed by atoms with Gasteiger partial charge in [-0.15, -0.1) is 0 Å². The normalized spacial score (nSPS) is 15.7. The Morgan fingerprint density at radius 3 is 2.68 bits per heavy atom. The molecule has 100 valence electrons. The molecule has 2 aromatic rings. The zero-order valence-electron chi connectivity index (χ0n) is 11.5. The topological polar surface area (TPSA) is 42.7 Å². The summed E-state index contributed by atoms with van der Waals surface area (Å²) in [6, 6.07) is 9.99. The molecule has 0 saturated heterocycles. The van der Waals surface area contributed by atoms with E-state index in [0.29, 0.717) is 0 Å². The Bertz CT molecular complexity index is 540. The third kappa shape index (κ3) is 2.84. The number of para-hydroxylation sites is 1. The van der Waals surface area contributed by atoms with Crippen LogP contribution < -0.4 is 5.32 Å². The monoisotopic (exact) mass is 256 g/mol. The van der Waals surface area contributed by atoms with Crippen molar-refractivity contribution in [3.63, 3.8) is 0 Å². The Morgan fingerprint density at radius 2 is 2.00 bits per heavy atom. The van der Waals surface area contributed by atoms with Crippen LogP contribution in [-0.4, -0.2) is 20.5 Å². The summed E-state index contributed by atoms with van der Waals surface area (Å²) < 4.78 is 0. The molecule has 0 amide bonds. The predicted molar refractivity (Wildman–Crippen MR) is 75.0 cm³/mol. The van der Waals surface area contributed by atoms with Crippen molar-refractivity contribution < 1.29 is 0 Å². The van der Waals surface area contributed by atoms with Crippen LogP contribution in [0.5, 0.6) is 0 Å². The SMILES string of the molecule is CC(C)(NCc1cnn(-c2ccccc2)n1)C1CC1. The van der Waals surface area contributed by atoms with E-state index in [1.165, 1.54) is 12.8 Å². The molecule has 3 rings (SSSR count). The molecule has 0 aliphatic heterocycles. The fraction of sp³-hybridized carbons (Fsp3) is 0.467. The second-order valence-electron chi connectivity index (χ2n) is 5.81. The minimum Gasteiger partial charge on any atom is -0.306 e. The van der Waals surface area contributed by atoms with E-state index in [9.17, 15) is 0 Å². The summed E-state index contributed by atoms with van der Waals surface area (Å²) in [4.78, 5) is 1.68. The highest BCUT2D eigenvalue weighted by Crippen LogP contribution is 2.39. The number of aromatic nitrogens is 3. The van der Waals surface area contributed by atoms with Crippen LogP contribution in [0.1, 0.15) is 32.4 Å². The number of benzene rings is 1. The summed E-state index contributed by atoms with van der Waals surface area (Å²) in [6.07, 6.45) is 4.52. The maximum absolute atomic E-state index is 4.51. The minimum atomic E-state index is 0.205. The second kappa shape index (κ2) is 4.78. The van der Waals surface area contributed by atoms with E-state index in [1.807, 2.05) is 36.5 Å². The van der Waals surface area contributed by atoms with Gasteiger partial charge in [0.15, 0.2) is 0 Å². The van der Waals surface area contributed by atoms with Crippen molar-refractivity contribution in [1.82, 2.24) is 20.3 Å². The first kappa shape index (κ1) is 12.4. The van der Waals surface area contributed by atoms with Crippen molar-refractivity contribution in [3.8, 4) is 5.69 Å². The van der Waals surface area contributed by atoms with Crippen molar-refractivity contribution >= 4 is 0 Å². The molecule has 0 unspecified atom stereocenters. The molecule has 1 aromatic carbocycles. The lowest BCUT2D eigenvalue weighted by Gasteiger charge is -2.25. The fourth-order valence-corrected chi connectivity index (χ4v) is 2.33. The molecule has 0 radical (unpaired) electrons. The molecular weight excluding hydrogens is 236 g/mol. The van der Waals surface area contributed by atoms with Crippen LogP contribution in [0.4, 0.5) is 0 Å². The third-order valence-corrected chi connectivity index (χ3v) is 3.85. The van der Waals surface area contributed by atoms with Crippen molar-refractivity contribution in [1.29, 1.82) is 0 Å². The van der Waals surface area contributed by atoms with Crippen LogP contribution in [0, 0.1) is 5.92 Å². The summed E-state index contributed by atoms with van der Waals surface area (Å²) in [5.74, 6) is 0.816. The smallest absolute Gasteiger partial charge is 0.0969 e. The van der Waals surface area contributed by atoms with Gasteiger partial charge in [0.1, 0.15) is 0 Å². The van der Waals surface area contributed by atoms with Gasteiger partial charge in [0.2, 0.25) is 0 Å². The Labute approximate surface area is 113 Å². The molecule has 1 fully saturated rings. The van der Waals surface area contributed by atoms with E-state index in [4.69, 9.17) is 0 Å². The first-order chi connectivity index (χ1) is 9.15. The summed E-state index contributed by atoms with van der Waals surface area (Å²) in [6.45, 7) is 5.31. The Balaban J connectivity index is 1.65. The molecule has 1 aromatic heterocycles. The molecular formula is C15H20N4. The number of nitrogens with one attached hydrogen (secondary N) is 1. The lowest BCUT2D eigenvalue weighted by molar-refractivity contribution is 0.337. The lowest BCUT2D eigenvalue weighted by atomic mass is 9.99. The van der Waals surface area contributed by atoms with E-state index >= 15 is 0 Å². The molecule has 19 heavy (non-hydrogen) atoms. The van der Waals surface area contributed by atoms with Gasteiger partial charge in [0.05, 0.1) is 17.6 Å². The van der Waals surface area contributed by atoms with E-state index in [1.54, 1.807) is 4.80 Å². The van der Waals surface area contributed by atoms with Gasteiger partial charge in [-0.3, -0.25) is 0 Å². The molecule has 4 heteroatoms. The number of rotatable bonds is 5. The van der Waals surface area contributed by atoms with Crippen LogP contribution in [0.3, 0.4) is 0 Å². The Hall–Kier alpha value is -1.68. The van der Waals surface area contributed by atoms with Gasteiger partial charge in [0.25, 0.3) is 0 Å². The van der Waals surface area contributed by atoms with Gasteiger partial charge in [-0.1, -0.05) is 18.2 Å². The predicted octanol–water partition coefficient (Wildman–Crippen LogP) is 2.55. The van der Waals surface area contributed by atoms with Crippen LogP contribution in [0.25, 0.3) is 5.69 Å². The maximum Gasteiger partial charge on any atom is 0.0969 e. The van der Waals surface area contributed by atoms with Gasteiger partial charge in [-0.25, -0.2) is 0 Å². The molecule has 1 saturated carbocycles. The van der Waals surface area contributed by atoms with Crippen LogP contribution >= 0.6 is 0 Å². The molecule has 1 aliphatic carbocycles. The number of hydrogen-bond acceptors (Lipinski definition) is 3. The highest BCUT2D eigenvalue weighted by molar-refractivity contribution is 5.28. The second-order valence-corrected chi connectivity index (χ2v) is 5.81. The van der Waals surface area contributed by atoms with Gasteiger partial charge < -0.3 is 5.32 Å². The maximum atomic E-state index is 4.51. The average Bonchev–Trinajstić information content (AvgIpc) is 3.18. The van der Waals surface area contributed by atoms with Gasteiger partial charge >= 0.3 is 0 Å². The van der Waals surface area contributed by atoms with Gasteiger partial charge in [-0.2, -0.15) is 15.0 Å². The average molecular weight is 256 g/mol. The van der Waals surface area contributed by atoms with Crippen molar-refractivity contribution in [2.75, 3.05) is 0 Å². The van der Waals surface area contributed by atoms with Crippen LogP contribution in [0.2, 0.25) is 0 Å². The quantitative estimate of drug-likeness (QED) is 0.894. The first-order valence-electron chi connectivity index (χ1n) is 6.87. The van der Waals surface area contributed by atoms with E-state index < -0.39 is 0 Å². The molecule has 1 N–H and O–H groups in total. The lowest BCUT2D eigenvalue weighted by Crippen LogP contribution is -2.40. The Kier molecular flexibility index (Phi) is 3.11. The van der Waals surface area contributed by atoms with E-state index in [0.717, 1.165) is 23.8 Å². The zero-order valence-corrected chi connectivity index (χ0v) is 11.5. The van der Waals surface area contributed by atoms with E-state index in [-0.39, 0.29) is 5.54 Å². The molecule has 4 nitrogen and oxygen atoms in total. The third-order valence-electron chi connectivity index (χ3n) is 3.85.